The van der Waals surface area contributed by atoms with Crippen molar-refractivity contribution in [3.05, 3.63) is 0 Å². The fourth-order valence-corrected chi connectivity index (χ4v) is 2.16. The van der Waals surface area contributed by atoms with Crippen LogP contribution in [0.15, 0.2) is 0 Å². The number of quaternary nitrogens is 1. The van der Waals surface area contributed by atoms with Crippen LogP contribution in [-0.2, 0) is 0 Å². The van der Waals surface area contributed by atoms with E-state index in [-0.39, 0.29) is 0 Å². The summed E-state index contributed by atoms with van der Waals surface area (Å²) in [4.78, 5) is 0. The Labute approximate surface area is 71.0 Å². The topological polar surface area (TPSA) is 0 Å². The molecule has 1 rings (SSSR count). The number of hydrogen-bond donors (Lipinski definition) is 0. The molecule has 11 heavy (non-hydrogen) atoms. The number of hydrogen-bond acceptors (Lipinski definition) is 0. The van der Waals surface area contributed by atoms with Crippen molar-refractivity contribution < 1.29 is 4.48 Å². The van der Waals surface area contributed by atoms with Gasteiger partial charge in [0.05, 0.1) is 26.2 Å². The van der Waals surface area contributed by atoms with Crippen LogP contribution in [-0.4, -0.2) is 30.7 Å². The van der Waals surface area contributed by atoms with Gasteiger partial charge in [0, 0.05) is 5.92 Å². The Morgan fingerprint density at radius 2 is 2.00 bits per heavy atom. The molecule has 1 heteroatoms. The number of piperidine rings is 1. The lowest BCUT2D eigenvalue weighted by molar-refractivity contribution is -0.937. The van der Waals surface area contributed by atoms with E-state index >= 15 is 0 Å². The molecule has 0 radical (unpaired) electrons. The van der Waals surface area contributed by atoms with Gasteiger partial charge < -0.3 is 4.48 Å². The highest BCUT2D eigenvalue weighted by molar-refractivity contribution is 4.60. The summed E-state index contributed by atoms with van der Waals surface area (Å²) < 4.78 is 1.29. The van der Waals surface area contributed by atoms with Crippen molar-refractivity contribution in [2.75, 3.05) is 20.1 Å². The van der Waals surface area contributed by atoms with Crippen LogP contribution in [0.3, 0.4) is 0 Å². The van der Waals surface area contributed by atoms with Crippen LogP contribution >= 0.6 is 0 Å². The molecule has 0 saturated carbocycles. The van der Waals surface area contributed by atoms with Gasteiger partial charge in [-0.2, -0.15) is 0 Å². The molecule has 0 spiro atoms. The first-order valence-electron chi connectivity index (χ1n) is 4.89. The van der Waals surface area contributed by atoms with E-state index in [1.165, 1.54) is 30.4 Å². The van der Waals surface area contributed by atoms with Gasteiger partial charge in [0.15, 0.2) is 0 Å². The van der Waals surface area contributed by atoms with Gasteiger partial charge in [-0.1, -0.05) is 6.92 Å². The maximum absolute atomic E-state index is 2.40. The zero-order chi connectivity index (χ0) is 8.48. The summed E-state index contributed by atoms with van der Waals surface area (Å²) in [7, 11) is 2.40. The molecule has 2 unspecified atom stereocenters. The lowest BCUT2D eigenvalue weighted by Crippen LogP contribution is -2.54. The molecule has 0 aromatic carbocycles. The van der Waals surface area contributed by atoms with Crippen LogP contribution in [0.4, 0.5) is 0 Å². The molecular formula is C10H22N+. The second kappa shape index (κ2) is 3.14. The third kappa shape index (κ3) is 1.96. The van der Waals surface area contributed by atoms with Crippen molar-refractivity contribution in [1.29, 1.82) is 0 Å². The number of likely N-dealkylation sites (tertiary alicyclic amines) is 1. The monoisotopic (exact) mass is 156 g/mol. The molecule has 1 aliphatic heterocycles. The first-order chi connectivity index (χ1) is 5.04. The predicted molar refractivity (Wildman–Crippen MR) is 49.5 cm³/mol. The Bertz CT molecular complexity index is 131. The summed E-state index contributed by atoms with van der Waals surface area (Å²) in [6, 6.07) is 0.803. The van der Waals surface area contributed by atoms with Gasteiger partial charge in [0.25, 0.3) is 0 Å². The quantitative estimate of drug-likeness (QED) is 0.511. The summed E-state index contributed by atoms with van der Waals surface area (Å²) >= 11 is 0. The minimum absolute atomic E-state index is 0.803. The Kier molecular flexibility index (Phi) is 2.58. The van der Waals surface area contributed by atoms with Crippen LogP contribution in [0.2, 0.25) is 0 Å². The highest BCUT2D eigenvalue weighted by Crippen LogP contribution is 2.23. The summed E-state index contributed by atoms with van der Waals surface area (Å²) in [5.41, 5.74) is 0. The van der Waals surface area contributed by atoms with Gasteiger partial charge >= 0.3 is 0 Å². The molecule has 1 aliphatic rings. The highest BCUT2D eigenvalue weighted by atomic mass is 15.4. The van der Waals surface area contributed by atoms with Crippen molar-refractivity contribution in [3.8, 4) is 0 Å². The molecule has 0 N–H and O–H groups in total. The van der Waals surface area contributed by atoms with Crippen molar-refractivity contribution in [2.45, 2.75) is 39.7 Å². The molecule has 66 valence electrons. The van der Waals surface area contributed by atoms with Crippen LogP contribution in [0.25, 0.3) is 0 Å². The van der Waals surface area contributed by atoms with Crippen molar-refractivity contribution in [3.63, 3.8) is 0 Å². The van der Waals surface area contributed by atoms with Crippen molar-refractivity contribution >= 4 is 0 Å². The van der Waals surface area contributed by atoms with E-state index in [4.69, 9.17) is 0 Å². The van der Waals surface area contributed by atoms with Crippen molar-refractivity contribution in [2.24, 2.45) is 5.92 Å². The Morgan fingerprint density at radius 1 is 1.36 bits per heavy atom. The first-order valence-corrected chi connectivity index (χ1v) is 4.89. The van der Waals surface area contributed by atoms with E-state index in [0.29, 0.717) is 0 Å². The Balaban J connectivity index is 2.55. The fourth-order valence-electron chi connectivity index (χ4n) is 2.16. The van der Waals surface area contributed by atoms with Gasteiger partial charge in [0.1, 0.15) is 0 Å². The molecule has 1 nitrogen and oxygen atoms in total. The lowest BCUT2D eigenvalue weighted by Gasteiger charge is -2.43. The molecular weight excluding hydrogens is 134 g/mol. The van der Waals surface area contributed by atoms with Gasteiger partial charge in [-0.3, -0.25) is 0 Å². The summed E-state index contributed by atoms with van der Waals surface area (Å²) in [5, 5.41) is 0. The fraction of sp³-hybridized carbons (Fsp3) is 1.00. The van der Waals surface area contributed by atoms with E-state index in [1.807, 2.05) is 0 Å². The van der Waals surface area contributed by atoms with E-state index < -0.39 is 0 Å². The van der Waals surface area contributed by atoms with Gasteiger partial charge in [-0.05, 0) is 26.7 Å². The van der Waals surface area contributed by atoms with Gasteiger partial charge in [0.2, 0.25) is 0 Å². The molecule has 0 aromatic rings. The maximum atomic E-state index is 2.40. The van der Waals surface area contributed by atoms with Crippen LogP contribution in [0, 0.1) is 5.92 Å². The highest BCUT2D eigenvalue weighted by Gasteiger charge is 2.31. The molecule has 1 saturated heterocycles. The summed E-state index contributed by atoms with van der Waals surface area (Å²) in [6.07, 6.45) is 2.87. The van der Waals surface area contributed by atoms with Crippen LogP contribution in [0.1, 0.15) is 33.6 Å². The molecule has 0 amide bonds. The Morgan fingerprint density at radius 3 is 2.36 bits per heavy atom. The lowest BCUT2D eigenvalue weighted by atomic mass is 9.97. The smallest absolute Gasteiger partial charge is 0.0831 e. The largest absolute Gasteiger partial charge is 0.324 e. The standard InChI is InChI=1S/C10H22N/c1-9(2)11(4)7-5-6-10(3)8-11/h9-10H,5-8H2,1-4H3/q+1. The molecule has 0 bridgehead atoms. The van der Waals surface area contributed by atoms with Gasteiger partial charge in [-0.25, -0.2) is 0 Å². The normalized spacial score (nSPS) is 39.5. The average molecular weight is 156 g/mol. The molecule has 1 heterocycles. The van der Waals surface area contributed by atoms with Crippen molar-refractivity contribution in [1.82, 2.24) is 0 Å². The second-order valence-electron chi connectivity index (χ2n) is 4.73. The van der Waals surface area contributed by atoms with E-state index in [0.717, 1.165) is 12.0 Å². The molecule has 1 fully saturated rings. The average Bonchev–Trinajstić information content (AvgIpc) is 1.86. The summed E-state index contributed by atoms with van der Waals surface area (Å²) in [6.45, 7) is 9.85. The number of nitrogens with zero attached hydrogens (tertiary/aromatic N) is 1. The first kappa shape index (κ1) is 9.05. The predicted octanol–water partition coefficient (Wildman–Crippen LogP) is 2.27. The minimum Gasteiger partial charge on any atom is -0.324 e. The number of rotatable bonds is 1. The zero-order valence-corrected chi connectivity index (χ0v) is 8.43. The van der Waals surface area contributed by atoms with E-state index in [2.05, 4.69) is 27.8 Å². The third-order valence-corrected chi connectivity index (χ3v) is 3.34. The van der Waals surface area contributed by atoms with Gasteiger partial charge in [-0.15, -0.1) is 0 Å². The molecule has 0 aliphatic carbocycles. The van der Waals surface area contributed by atoms with E-state index in [1.54, 1.807) is 0 Å². The SMILES string of the molecule is CC1CCC[N+](C)(C(C)C)C1. The van der Waals surface area contributed by atoms with Crippen LogP contribution in [0.5, 0.6) is 0 Å². The second-order valence-corrected chi connectivity index (χ2v) is 4.73. The third-order valence-electron chi connectivity index (χ3n) is 3.34. The molecule has 0 aromatic heterocycles. The zero-order valence-electron chi connectivity index (χ0n) is 8.43. The summed E-state index contributed by atoms with van der Waals surface area (Å²) in [5.74, 6) is 0.941. The Hall–Kier alpha value is -0.0400. The minimum atomic E-state index is 0.803. The maximum Gasteiger partial charge on any atom is 0.0831 e. The van der Waals surface area contributed by atoms with Crippen LogP contribution < -0.4 is 0 Å². The van der Waals surface area contributed by atoms with E-state index in [9.17, 15) is 0 Å². The molecule has 2 atom stereocenters.